The van der Waals surface area contributed by atoms with Crippen molar-refractivity contribution in [3.63, 3.8) is 0 Å². The van der Waals surface area contributed by atoms with Crippen molar-refractivity contribution in [2.75, 3.05) is 0 Å². The highest BCUT2D eigenvalue weighted by Gasteiger charge is 2.31. The Morgan fingerprint density at radius 3 is 2.65 bits per heavy atom. The molecule has 0 radical (unpaired) electrons. The molecule has 0 heterocycles. The number of benzene rings is 1. The van der Waals surface area contributed by atoms with Crippen molar-refractivity contribution in [3.8, 4) is 11.5 Å². The van der Waals surface area contributed by atoms with Gasteiger partial charge in [0.25, 0.3) is 0 Å². The average molecular weight is 247 g/mol. The van der Waals surface area contributed by atoms with Crippen molar-refractivity contribution in [1.82, 2.24) is 0 Å². The number of phenols is 1. The predicted octanol–water partition coefficient (Wildman–Crippen LogP) is 2.87. The Morgan fingerprint density at radius 1 is 1.47 bits per heavy atom. The first-order valence-electron chi connectivity index (χ1n) is 4.78. The van der Waals surface area contributed by atoms with Crippen molar-refractivity contribution < 1.29 is 23.0 Å². The summed E-state index contributed by atoms with van der Waals surface area (Å²) in [5, 5.41) is 9.48. The van der Waals surface area contributed by atoms with Gasteiger partial charge in [0.1, 0.15) is 11.5 Å². The first-order valence-corrected chi connectivity index (χ1v) is 4.78. The fourth-order valence-electron chi connectivity index (χ4n) is 1.33. The van der Waals surface area contributed by atoms with Gasteiger partial charge in [-0.05, 0) is 24.6 Å². The van der Waals surface area contributed by atoms with E-state index in [9.17, 15) is 18.3 Å². The molecule has 0 amide bonds. The normalized spacial score (nSPS) is 13.2. The van der Waals surface area contributed by atoms with Gasteiger partial charge in [-0.1, -0.05) is 6.08 Å². The van der Waals surface area contributed by atoms with Gasteiger partial charge in [-0.2, -0.15) is 0 Å². The molecule has 0 bridgehead atoms. The van der Waals surface area contributed by atoms with Gasteiger partial charge < -0.3 is 15.6 Å². The fourth-order valence-corrected chi connectivity index (χ4v) is 1.33. The molecular weight excluding hydrogens is 235 g/mol. The minimum absolute atomic E-state index is 0.172. The van der Waals surface area contributed by atoms with Gasteiger partial charge in [-0.15, -0.1) is 19.8 Å². The van der Waals surface area contributed by atoms with E-state index in [1.54, 1.807) is 0 Å². The molecule has 94 valence electrons. The molecule has 0 aromatic heterocycles. The van der Waals surface area contributed by atoms with Crippen LogP contribution >= 0.6 is 0 Å². The number of halogens is 3. The summed E-state index contributed by atoms with van der Waals surface area (Å²) in [7, 11) is 0. The summed E-state index contributed by atoms with van der Waals surface area (Å²) in [6.45, 7) is 3.46. The third-order valence-corrected chi connectivity index (χ3v) is 2.05. The van der Waals surface area contributed by atoms with Crippen LogP contribution in [0.15, 0.2) is 30.9 Å². The highest BCUT2D eigenvalue weighted by atomic mass is 19.4. The van der Waals surface area contributed by atoms with Gasteiger partial charge in [0, 0.05) is 11.6 Å². The monoisotopic (exact) mass is 247 g/mol. The largest absolute Gasteiger partial charge is 0.573 e. The molecule has 0 aliphatic heterocycles. The molecule has 6 heteroatoms. The van der Waals surface area contributed by atoms with E-state index < -0.39 is 18.2 Å². The number of phenolic OH excluding ortho intramolecular Hbond substituents is 1. The molecule has 1 aromatic rings. The van der Waals surface area contributed by atoms with Crippen LogP contribution in [0, 0.1) is 0 Å². The highest BCUT2D eigenvalue weighted by Crippen LogP contribution is 2.31. The zero-order valence-corrected chi connectivity index (χ0v) is 8.87. The van der Waals surface area contributed by atoms with Crippen molar-refractivity contribution in [2.24, 2.45) is 5.73 Å². The Hall–Kier alpha value is -1.69. The van der Waals surface area contributed by atoms with E-state index in [1.807, 2.05) is 0 Å². The predicted molar refractivity (Wildman–Crippen MR) is 56.5 cm³/mol. The lowest BCUT2D eigenvalue weighted by Gasteiger charge is -2.14. The Labute approximate surface area is 96.3 Å². The Balaban J connectivity index is 2.97. The van der Waals surface area contributed by atoms with Gasteiger partial charge in [0.2, 0.25) is 0 Å². The van der Waals surface area contributed by atoms with Gasteiger partial charge in [-0.25, -0.2) is 0 Å². The third kappa shape index (κ3) is 3.99. The van der Waals surface area contributed by atoms with E-state index in [-0.39, 0.29) is 11.3 Å². The number of rotatable bonds is 4. The van der Waals surface area contributed by atoms with Crippen LogP contribution in [0.4, 0.5) is 13.2 Å². The van der Waals surface area contributed by atoms with E-state index in [1.165, 1.54) is 6.08 Å². The smallest absolute Gasteiger partial charge is 0.508 e. The second-order valence-corrected chi connectivity index (χ2v) is 3.40. The van der Waals surface area contributed by atoms with Gasteiger partial charge in [-0.3, -0.25) is 0 Å². The molecule has 3 nitrogen and oxygen atoms in total. The molecule has 0 saturated carbocycles. The molecular formula is C11H12F3NO2. The maximum Gasteiger partial charge on any atom is 0.573 e. The second kappa shape index (κ2) is 5.09. The number of alkyl halides is 3. The zero-order chi connectivity index (χ0) is 13.1. The molecule has 17 heavy (non-hydrogen) atoms. The standard InChI is InChI=1S/C11H12F3NO2/c1-2-3-9(15)8-6-7(4-5-10(8)16)17-11(12,13)14/h2,4-6,9,16H,1,3,15H2/t9-/m0/s1. The maximum absolute atomic E-state index is 12.0. The minimum atomic E-state index is -4.77. The first-order chi connectivity index (χ1) is 7.83. The van der Waals surface area contributed by atoms with E-state index in [0.717, 1.165) is 18.2 Å². The Bertz CT molecular complexity index is 404. The van der Waals surface area contributed by atoms with E-state index in [2.05, 4.69) is 11.3 Å². The zero-order valence-electron chi connectivity index (χ0n) is 8.87. The molecule has 0 unspecified atom stereocenters. The Kier molecular flexibility index (Phi) is 4.01. The number of hydrogen-bond donors (Lipinski definition) is 2. The van der Waals surface area contributed by atoms with Gasteiger partial charge in [0.05, 0.1) is 0 Å². The molecule has 0 aliphatic carbocycles. The number of hydrogen-bond acceptors (Lipinski definition) is 3. The fraction of sp³-hybridized carbons (Fsp3) is 0.273. The lowest BCUT2D eigenvalue weighted by atomic mass is 10.0. The van der Waals surface area contributed by atoms with Gasteiger partial charge in [0.15, 0.2) is 0 Å². The maximum atomic E-state index is 12.0. The van der Waals surface area contributed by atoms with E-state index in [0.29, 0.717) is 6.42 Å². The minimum Gasteiger partial charge on any atom is -0.508 e. The van der Waals surface area contributed by atoms with Crippen LogP contribution in [0.1, 0.15) is 18.0 Å². The van der Waals surface area contributed by atoms with Crippen LogP contribution in [0.3, 0.4) is 0 Å². The summed E-state index contributed by atoms with van der Waals surface area (Å²) in [4.78, 5) is 0. The molecule has 0 aliphatic rings. The lowest BCUT2D eigenvalue weighted by molar-refractivity contribution is -0.274. The molecule has 3 N–H and O–H groups in total. The molecule has 1 aromatic carbocycles. The highest BCUT2D eigenvalue weighted by molar-refractivity contribution is 5.41. The topological polar surface area (TPSA) is 55.5 Å². The van der Waals surface area contributed by atoms with Crippen LogP contribution in [-0.2, 0) is 0 Å². The van der Waals surface area contributed by atoms with E-state index >= 15 is 0 Å². The van der Waals surface area contributed by atoms with Crippen molar-refractivity contribution in [3.05, 3.63) is 36.4 Å². The van der Waals surface area contributed by atoms with Crippen LogP contribution < -0.4 is 10.5 Å². The van der Waals surface area contributed by atoms with Crippen molar-refractivity contribution in [1.29, 1.82) is 0 Å². The van der Waals surface area contributed by atoms with Crippen LogP contribution in [0.25, 0.3) is 0 Å². The summed E-state index contributed by atoms with van der Waals surface area (Å²) in [5.41, 5.74) is 5.86. The quantitative estimate of drug-likeness (QED) is 0.804. The summed E-state index contributed by atoms with van der Waals surface area (Å²) in [5.74, 6) is -0.585. The van der Waals surface area contributed by atoms with Crippen molar-refractivity contribution >= 4 is 0 Å². The van der Waals surface area contributed by atoms with E-state index in [4.69, 9.17) is 5.73 Å². The Morgan fingerprint density at radius 2 is 2.12 bits per heavy atom. The van der Waals surface area contributed by atoms with Gasteiger partial charge >= 0.3 is 6.36 Å². The van der Waals surface area contributed by atoms with Crippen LogP contribution in [-0.4, -0.2) is 11.5 Å². The first kappa shape index (κ1) is 13.4. The SMILES string of the molecule is C=CC[C@H](N)c1cc(OC(F)(F)F)ccc1O. The summed E-state index contributed by atoms with van der Waals surface area (Å²) >= 11 is 0. The number of nitrogens with two attached hydrogens (primary N) is 1. The average Bonchev–Trinajstić information content (AvgIpc) is 2.19. The lowest BCUT2D eigenvalue weighted by Crippen LogP contribution is -2.17. The number of aromatic hydroxyl groups is 1. The van der Waals surface area contributed by atoms with Crippen LogP contribution in [0.5, 0.6) is 11.5 Å². The number of ether oxygens (including phenoxy) is 1. The van der Waals surface area contributed by atoms with Crippen molar-refractivity contribution in [2.45, 2.75) is 18.8 Å². The summed E-state index contributed by atoms with van der Waals surface area (Å²) in [6, 6.07) is 2.58. The summed E-state index contributed by atoms with van der Waals surface area (Å²) < 4.78 is 39.7. The summed E-state index contributed by atoms with van der Waals surface area (Å²) in [6.07, 6.45) is -2.92. The van der Waals surface area contributed by atoms with Crippen LogP contribution in [0.2, 0.25) is 0 Å². The molecule has 0 fully saturated rings. The molecule has 1 atom stereocenters. The molecule has 1 rings (SSSR count). The third-order valence-electron chi connectivity index (χ3n) is 2.05. The molecule has 0 saturated heterocycles. The molecule has 0 spiro atoms. The second-order valence-electron chi connectivity index (χ2n) is 3.40.